The zero-order valence-electron chi connectivity index (χ0n) is 10.4. The number of rotatable bonds is 4. The number of methoxy groups -OCH3 is 1. The summed E-state index contributed by atoms with van der Waals surface area (Å²) in [6.45, 7) is -0.0374. The summed E-state index contributed by atoms with van der Waals surface area (Å²) in [6.07, 6.45) is 1.15. The van der Waals surface area contributed by atoms with Gasteiger partial charge in [0, 0.05) is 19.7 Å². The molecule has 8 heteroatoms. The van der Waals surface area contributed by atoms with E-state index in [1.165, 1.54) is 29.6 Å². The highest BCUT2D eigenvalue weighted by molar-refractivity contribution is 8.00. The normalized spacial score (nSPS) is 26.8. The van der Waals surface area contributed by atoms with Crippen molar-refractivity contribution >= 4 is 11.8 Å². The molecule has 1 aliphatic heterocycles. The molecule has 1 aromatic rings. The van der Waals surface area contributed by atoms with E-state index < -0.39 is 17.4 Å². The molecule has 0 amide bonds. The highest BCUT2D eigenvalue weighted by atomic mass is 32.2. The Bertz CT molecular complexity index is 555. The van der Waals surface area contributed by atoms with Crippen LogP contribution in [0.1, 0.15) is 17.4 Å². The van der Waals surface area contributed by atoms with Crippen molar-refractivity contribution in [2.75, 3.05) is 13.7 Å². The van der Waals surface area contributed by atoms with Gasteiger partial charge in [-0.15, -0.1) is 11.8 Å². The molecule has 0 aromatic carbocycles. The molecule has 0 saturated carbocycles. The zero-order valence-corrected chi connectivity index (χ0v) is 11.2. The van der Waals surface area contributed by atoms with Crippen molar-refractivity contribution in [2.45, 2.75) is 29.8 Å². The van der Waals surface area contributed by atoms with E-state index in [9.17, 15) is 14.7 Å². The van der Waals surface area contributed by atoms with Crippen LogP contribution in [0.4, 0.5) is 0 Å². The van der Waals surface area contributed by atoms with Crippen LogP contribution in [0.15, 0.2) is 15.8 Å². The number of H-pyrrole nitrogens is 1. The highest BCUT2D eigenvalue weighted by Crippen LogP contribution is 2.40. The smallest absolute Gasteiger partial charge is 0.329 e. The SMILES string of the molecule is COCc1cn([C@@H]2C[C@H](O)[C@@H](CO)S2)c(=O)[nH]c1=O. The minimum atomic E-state index is -0.662. The zero-order chi connectivity index (χ0) is 14.0. The van der Waals surface area contributed by atoms with Crippen molar-refractivity contribution in [3.63, 3.8) is 0 Å². The maximum atomic E-state index is 11.8. The molecule has 0 aliphatic carbocycles. The molecule has 2 heterocycles. The number of aliphatic hydroxyl groups is 2. The predicted octanol–water partition coefficient (Wildman–Crippen LogP) is -0.960. The third-order valence-electron chi connectivity index (χ3n) is 3.04. The average molecular weight is 288 g/mol. The van der Waals surface area contributed by atoms with Gasteiger partial charge in [-0.3, -0.25) is 14.3 Å². The van der Waals surface area contributed by atoms with E-state index >= 15 is 0 Å². The molecular weight excluding hydrogens is 272 g/mol. The average Bonchev–Trinajstić information content (AvgIpc) is 2.74. The molecule has 106 valence electrons. The van der Waals surface area contributed by atoms with E-state index in [0.717, 1.165) is 0 Å². The fraction of sp³-hybridized carbons (Fsp3) is 0.636. The maximum absolute atomic E-state index is 11.8. The number of thioether (sulfide) groups is 1. The number of nitrogens with one attached hydrogen (secondary N) is 1. The van der Waals surface area contributed by atoms with Gasteiger partial charge < -0.3 is 14.9 Å². The van der Waals surface area contributed by atoms with Crippen LogP contribution in [0.25, 0.3) is 0 Å². The van der Waals surface area contributed by atoms with E-state index in [0.29, 0.717) is 12.0 Å². The number of nitrogens with zero attached hydrogens (tertiary/aromatic N) is 1. The van der Waals surface area contributed by atoms with Gasteiger partial charge >= 0.3 is 5.69 Å². The van der Waals surface area contributed by atoms with Crippen LogP contribution in [-0.2, 0) is 11.3 Å². The Hall–Kier alpha value is -1.09. The molecule has 1 aliphatic rings. The summed E-state index contributed by atoms with van der Waals surface area (Å²) < 4.78 is 6.27. The van der Waals surface area contributed by atoms with Crippen LogP contribution in [0.2, 0.25) is 0 Å². The Morgan fingerprint density at radius 1 is 1.58 bits per heavy atom. The van der Waals surface area contributed by atoms with Crippen LogP contribution >= 0.6 is 11.8 Å². The largest absolute Gasteiger partial charge is 0.395 e. The highest BCUT2D eigenvalue weighted by Gasteiger charge is 2.34. The Morgan fingerprint density at radius 3 is 2.89 bits per heavy atom. The first-order valence-corrected chi connectivity index (χ1v) is 6.78. The van der Waals surface area contributed by atoms with Crippen LogP contribution < -0.4 is 11.2 Å². The summed E-state index contributed by atoms with van der Waals surface area (Å²) in [5.74, 6) is 0. The standard InChI is InChI=1S/C11H16N2O5S/c1-18-5-6-3-13(11(17)12-10(6)16)9-2-7(15)8(4-14)19-9/h3,7-9,14-15H,2,4-5H2,1H3,(H,12,16,17)/t7-,8+,9-/m0/s1. The van der Waals surface area contributed by atoms with Gasteiger partial charge in [0.15, 0.2) is 0 Å². The van der Waals surface area contributed by atoms with E-state index in [1.807, 2.05) is 0 Å². The molecule has 1 saturated heterocycles. The van der Waals surface area contributed by atoms with E-state index in [-0.39, 0.29) is 23.8 Å². The fourth-order valence-corrected chi connectivity index (χ4v) is 3.43. The maximum Gasteiger partial charge on any atom is 0.329 e. The molecule has 3 N–H and O–H groups in total. The number of hydrogen-bond donors (Lipinski definition) is 3. The monoisotopic (exact) mass is 288 g/mol. The van der Waals surface area contributed by atoms with Gasteiger partial charge in [0.1, 0.15) is 0 Å². The van der Waals surface area contributed by atoms with E-state index in [4.69, 9.17) is 9.84 Å². The molecule has 0 spiro atoms. The molecule has 3 atom stereocenters. The molecular formula is C11H16N2O5S. The lowest BCUT2D eigenvalue weighted by Crippen LogP contribution is -2.33. The summed E-state index contributed by atoms with van der Waals surface area (Å²) in [4.78, 5) is 25.6. The van der Waals surface area contributed by atoms with Crippen molar-refractivity contribution in [3.8, 4) is 0 Å². The summed E-state index contributed by atoms with van der Waals surface area (Å²) in [5.41, 5.74) is -0.636. The second-order valence-corrected chi connectivity index (χ2v) is 5.79. The third kappa shape index (κ3) is 2.92. The lowest BCUT2D eigenvalue weighted by Gasteiger charge is -2.13. The van der Waals surface area contributed by atoms with Gasteiger partial charge in [0.05, 0.1) is 35.5 Å². The van der Waals surface area contributed by atoms with Crippen LogP contribution in [-0.4, -0.2) is 44.8 Å². The summed E-state index contributed by atoms with van der Waals surface area (Å²) in [6, 6.07) is 0. The Labute approximate surface area is 113 Å². The molecule has 2 rings (SSSR count). The van der Waals surface area contributed by atoms with Gasteiger partial charge in [0.2, 0.25) is 0 Å². The van der Waals surface area contributed by atoms with E-state index in [2.05, 4.69) is 4.98 Å². The molecule has 7 nitrogen and oxygen atoms in total. The minimum Gasteiger partial charge on any atom is -0.395 e. The summed E-state index contributed by atoms with van der Waals surface area (Å²) >= 11 is 1.32. The fourth-order valence-electron chi connectivity index (χ4n) is 2.05. The predicted molar refractivity (Wildman–Crippen MR) is 70.2 cm³/mol. The topological polar surface area (TPSA) is 105 Å². The minimum absolute atomic E-state index is 0.110. The molecule has 0 bridgehead atoms. The number of aliphatic hydroxyl groups excluding tert-OH is 2. The third-order valence-corrected chi connectivity index (χ3v) is 4.58. The number of hydrogen-bond acceptors (Lipinski definition) is 6. The Balaban J connectivity index is 2.33. The van der Waals surface area contributed by atoms with Crippen molar-refractivity contribution in [1.29, 1.82) is 0 Å². The van der Waals surface area contributed by atoms with Gasteiger partial charge in [-0.05, 0) is 0 Å². The number of aromatic amines is 1. The van der Waals surface area contributed by atoms with Gasteiger partial charge in [-0.2, -0.15) is 0 Å². The second-order valence-electron chi connectivity index (χ2n) is 4.37. The molecule has 1 fully saturated rings. The first kappa shape index (κ1) is 14.3. The van der Waals surface area contributed by atoms with Crippen molar-refractivity contribution < 1.29 is 14.9 Å². The molecule has 0 radical (unpaired) electrons. The van der Waals surface area contributed by atoms with Crippen LogP contribution in [0.3, 0.4) is 0 Å². The lowest BCUT2D eigenvalue weighted by atomic mass is 10.2. The Morgan fingerprint density at radius 2 is 2.32 bits per heavy atom. The van der Waals surface area contributed by atoms with Gasteiger partial charge in [0.25, 0.3) is 5.56 Å². The molecule has 0 unspecified atom stereocenters. The summed E-state index contributed by atoms with van der Waals surface area (Å²) in [5, 5.41) is 18.2. The summed E-state index contributed by atoms with van der Waals surface area (Å²) in [7, 11) is 1.46. The first-order chi connectivity index (χ1) is 9.06. The van der Waals surface area contributed by atoms with Crippen molar-refractivity contribution in [3.05, 3.63) is 32.6 Å². The van der Waals surface area contributed by atoms with Gasteiger partial charge in [-0.1, -0.05) is 0 Å². The lowest BCUT2D eigenvalue weighted by molar-refractivity contribution is 0.137. The molecule has 19 heavy (non-hydrogen) atoms. The van der Waals surface area contributed by atoms with E-state index in [1.54, 1.807) is 0 Å². The van der Waals surface area contributed by atoms with Crippen molar-refractivity contribution in [2.24, 2.45) is 0 Å². The molecule has 1 aromatic heterocycles. The number of aromatic nitrogens is 2. The number of ether oxygens (including phenoxy) is 1. The quantitative estimate of drug-likeness (QED) is 0.659. The van der Waals surface area contributed by atoms with Crippen LogP contribution in [0, 0.1) is 0 Å². The Kier molecular flexibility index (Phi) is 4.46. The van der Waals surface area contributed by atoms with Crippen molar-refractivity contribution in [1.82, 2.24) is 9.55 Å². The van der Waals surface area contributed by atoms with Gasteiger partial charge in [-0.25, -0.2) is 4.79 Å². The van der Waals surface area contributed by atoms with Crippen LogP contribution in [0.5, 0.6) is 0 Å². The second kappa shape index (κ2) is 5.91. The first-order valence-electron chi connectivity index (χ1n) is 5.84.